The van der Waals surface area contributed by atoms with Crippen LogP contribution in [0.3, 0.4) is 0 Å². The average molecular weight is 375 g/mol. The van der Waals surface area contributed by atoms with Crippen molar-refractivity contribution in [3.63, 3.8) is 0 Å². The molecule has 0 bridgehead atoms. The van der Waals surface area contributed by atoms with Crippen molar-refractivity contribution >= 4 is 16.9 Å². The molecule has 1 unspecified atom stereocenters. The Bertz CT molecular complexity index is 774. The summed E-state index contributed by atoms with van der Waals surface area (Å²) in [7, 11) is 1.59. The highest BCUT2D eigenvalue weighted by molar-refractivity contribution is 5.82. The number of aromatic nitrogens is 1. The van der Waals surface area contributed by atoms with Crippen LogP contribution in [0.5, 0.6) is 0 Å². The van der Waals surface area contributed by atoms with E-state index in [9.17, 15) is 14.3 Å². The fourth-order valence-electron chi connectivity index (χ4n) is 4.09. The lowest BCUT2D eigenvalue weighted by Crippen LogP contribution is -2.31. The molecule has 1 heterocycles. The van der Waals surface area contributed by atoms with Gasteiger partial charge in [-0.25, -0.2) is 4.39 Å². The van der Waals surface area contributed by atoms with Crippen LogP contribution in [0.1, 0.15) is 37.2 Å². The van der Waals surface area contributed by atoms with E-state index >= 15 is 0 Å². The van der Waals surface area contributed by atoms with Crippen molar-refractivity contribution in [3.05, 3.63) is 41.8 Å². The summed E-state index contributed by atoms with van der Waals surface area (Å²) in [5.74, 6) is -1.14. The molecular formula is C21H26FNO4. The van der Waals surface area contributed by atoms with Gasteiger partial charge in [-0.2, -0.15) is 0 Å². The summed E-state index contributed by atoms with van der Waals surface area (Å²) in [6.45, 7) is 1.09. The first-order valence-electron chi connectivity index (χ1n) is 9.43. The third kappa shape index (κ3) is 4.82. The number of ether oxygens (including phenoxy) is 2. The van der Waals surface area contributed by atoms with Crippen molar-refractivity contribution in [1.82, 2.24) is 4.98 Å². The molecule has 1 aromatic carbocycles. The Morgan fingerprint density at radius 1 is 1.26 bits per heavy atom. The van der Waals surface area contributed by atoms with Crippen LogP contribution in [-0.2, 0) is 14.3 Å². The van der Waals surface area contributed by atoms with E-state index in [4.69, 9.17) is 9.47 Å². The molecule has 1 fully saturated rings. The Labute approximate surface area is 158 Å². The number of pyridine rings is 1. The molecule has 0 amide bonds. The number of halogens is 1. The van der Waals surface area contributed by atoms with E-state index < -0.39 is 11.9 Å². The van der Waals surface area contributed by atoms with Crippen LogP contribution in [0.4, 0.5) is 4.39 Å². The SMILES string of the molecule is COCCOCC(C(=O)O)C1CCC(c2ccnc3ccc(F)cc23)CC1. The third-order valence-corrected chi connectivity index (χ3v) is 5.56. The molecule has 5 nitrogen and oxygen atoms in total. The van der Waals surface area contributed by atoms with Crippen molar-refractivity contribution in [2.75, 3.05) is 26.9 Å². The molecule has 1 N–H and O–H groups in total. The highest BCUT2D eigenvalue weighted by atomic mass is 19.1. The minimum atomic E-state index is -0.799. The van der Waals surface area contributed by atoms with Gasteiger partial charge in [-0.3, -0.25) is 9.78 Å². The standard InChI is InChI=1S/C21H26FNO4/c1-26-10-11-27-13-19(21(24)25)15-4-2-14(3-5-15)17-8-9-23-20-7-6-16(22)12-18(17)20/h6-9,12,14-15,19H,2-5,10-11,13H2,1H3,(H,24,25). The van der Waals surface area contributed by atoms with Crippen molar-refractivity contribution in [2.45, 2.75) is 31.6 Å². The molecule has 3 rings (SSSR count). The van der Waals surface area contributed by atoms with Gasteiger partial charge >= 0.3 is 5.97 Å². The van der Waals surface area contributed by atoms with Gasteiger partial charge in [0.05, 0.1) is 31.3 Å². The molecule has 2 aromatic rings. The molecule has 27 heavy (non-hydrogen) atoms. The minimum Gasteiger partial charge on any atom is -0.481 e. The Kier molecular flexibility index (Phi) is 6.74. The second-order valence-electron chi connectivity index (χ2n) is 7.19. The Morgan fingerprint density at radius 2 is 2.04 bits per heavy atom. The van der Waals surface area contributed by atoms with Crippen LogP contribution < -0.4 is 0 Å². The number of rotatable bonds is 8. The van der Waals surface area contributed by atoms with E-state index in [1.807, 2.05) is 6.07 Å². The molecule has 0 aliphatic heterocycles. The lowest BCUT2D eigenvalue weighted by atomic mass is 9.73. The van der Waals surface area contributed by atoms with Crippen LogP contribution in [0.25, 0.3) is 10.9 Å². The molecule has 1 aromatic heterocycles. The summed E-state index contributed by atoms with van der Waals surface area (Å²) in [4.78, 5) is 16.0. The molecular weight excluding hydrogens is 349 g/mol. The van der Waals surface area contributed by atoms with E-state index in [-0.39, 0.29) is 18.3 Å². The Balaban J connectivity index is 1.66. The van der Waals surface area contributed by atoms with Gasteiger partial charge in [0.1, 0.15) is 5.82 Å². The first kappa shape index (κ1) is 19.7. The van der Waals surface area contributed by atoms with Gasteiger partial charge in [0, 0.05) is 18.7 Å². The van der Waals surface area contributed by atoms with Gasteiger partial charge in [0.2, 0.25) is 0 Å². The normalized spacial score (nSPS) is 21.3. The molecule has 0 spiro atoms. The summed E-state index contributed by atoms with van der Waals surface area (Å²) >= 11 is 0. The topological polar surface area (TPSA) is 68.7 Å². The maximum Gasteiger partial charge on any atom is 0.309 e. The number of hydrogen-bond acceptors (Lipinski definition) is 4. The molecule has 1 aliphatic carbocycles. The zero-order valence-electron chi connectivity index (χ0n) is 15.6. The molecule has 1 saturated carbocycles. The number of carbonyl (C=O) groups is 1. The number of benzene rings is 1. The predicted octanol–water partition coefficient (Wildman–Crippen LogP) is 4.01. The van der Waals surface area contributed by atoms with Gasteiger partial charge < -0.3 is 14.6 Å². The summed E-state index contributed by atoms with van der Waals surface area (Å²) in [6.07, 6.45) is 5.21. The smallest absolute Gasteiger partial charge is 0.309 e. The molecule has 1 aliphatic rings. The van der Waals surface area contributed by atoms with Crippen LogP contribution in [0.2, 0.25) is 0 Å². The number of hydrogen-bond donors (Lipinski definition) is 1. The Morgan fingerprint density at radius 3 is 2.74 bits per heavy atom. The van der Waals surface area contributed by atoms with Crippen LogP contribution in [-0.4, -0.2) is 43.0 Å². The molecule has 0 radical (unpaired) electrons. The van der Waals surface area contributed by atoms with Crippen molar-refractivity contribution < 1.29 is 23.8 Å². The number of methoxy groups -OCH3 is 1. The highest BCUT2D eigenvalue weighted by Gasteiger charge is 2.33. The lowest BCUT2D eigenvalue weighted by Gasteiger charge is -2.32. The van der Waals surface area contributed by atoms with Crippen molar-refractivity contribution in [3.8, 4) is 0 Å². The second kappa shape index (κ2) is 9.24. The van der Waals surface area contributed by atoms with Crippen molar-refractivity contribution in [1.29, 1.82) is 0 Å². The van der Waals surface area contributed by atoms with Gasteiger partial charge in [-0.15, -0.1) is 0 Å². The molecule has 146 valence electrons. The van der Waals surface area contributed by atoms with Crippen LogP contribution >= 0.6 is 0 Å². The number of fused-ring (bicyclic) bond motifs is 1. The molecule has 0 saturated heterocycles. The second-order valence-corrected chi connectivity index (χ2v) is 7.19. The largest absolute Gasteiger partial charge is 0.481 e. The first-order valence-corrected chi connectivity index (χ1v) is 9.43. The van der Waals surface area contributed by atoms with Gasteiger partial charge in [-0.05, 0) is 67.3 Å². The van der Waals surface area contributed by atoms with Gasteiger partial charge in [-0.1, -0.05) is 0 Å². The Hall–Kier alpha value is -2.05. The van der Waals surface area contributed by atoms with E-state index in [0.717, 1.165) is 42.1 Å². The minimum absolute atomic E-state index is 0.103. The van der Waals surface area contributed by atoms with E-state index in [1.54, 1.807) is 25.4 Å². The zero-order valence-corrected chi connectivity index (χ0v) is 15.6. The van der Waals surface area contributed by atoms with Crippen LogP contribution in [0.15, 0.2) is 30.5 Å². The van der Waals surface area contributed by atoms with E-state index in [0.29, 0.717) is 19.1 Å². The quantitative estimate of drug-likeness (QED) is 0.706. The van der Waals surface area contributed by atoms with Gasteiger partial charge in [0.15, 0.2) is 0 Å². The van der Waals surface area contributed by atoms with Gasteiger partial charge in [0.25, 0.3) is 0 Å². The lowest BCUT2D eigenvalue weighted by molar-refractivity contribution is -0.147. The molecule has 6 heteroatoms. The maximum absolute atomic E-state index is 13.7. The van der Waals surface area contributed by atoms with E-state index in [1.165, 1.54) is 6.07 Å². The van der Waals surface area contributed by atoms with Crippen molar-refractivity contribution in [2.24, 2.45) is 11.8 Å². The summed E-state index contributed by atoms with van der Waals surface area (Å²) in [5, 5.41) is 10.4. The third-order valence-electron chi connectivity index (χ3n) is 5.56. The summed E-state index contributed by atoms with van der Waals surface area (Å²) in [5.41, 5.74) is 1.91. The maximum atomic E-state index is 13.7. The summed E-state index contributed by atoms with van der Waals surface area (Å²) in [6, 6.07) is 6.65. The fraction of sp³-hybridized carbons (Fsp3) is 0.524. The summed E-state index contributed by atoms with van der Waals surface area (Å²) < 4.78 is 24.1. The van der Waals surface area contributed by atoms with Crippen LogP contribution in [0, 0.1) is 17.7 Å². The predicted molar refractivity (Wildman–Crippen MR) is 100 cm³/mol. The highest BCUT2D eigenvalue weighted by Crippen LogP contribution is 2.40. The average Bonchev–Trinajstić information content (AvgIpc) is 2.67. The van der Waals surface area contributed by atoms with E-state index in [2.05, 4.69) is 4.98 Å². The monoisotopic (exact) mass is 375 g/mol. The first-order chi connectivity index (χ1) is 13.1. The number of nitrogens with zero attached hydrogens (tertiary/aromatic N) is 1. The molecule has 1 atom stereocenters. The fourth-order valence-corrected chi connectivity index (χ4v) is 4.09. The number of carboxylic acid groups (broad SMARTS) is 1. The zero-order chi connectivity index (χ0) is 19.2. The number of aliphatic carboxylic acids is 1. The number of carboxylic acids is 1.